The number of esters is 1. The Bertz CT molecular complexity index is 514. The van der Waals surface area contributed by atoms with Gasteiger partial charge in [0, 0.05) is 13.3 Å². The van der Waals surface area contributed by atoms with E-state index in [0.29, 0.717) is 5.56 Å². The molecule has 0 bridgehead atoms. The molecule has 1 atom stereocenters. The van der Waals surface area contributed by atoms with Crippen LogP contribution in [0.15, 0.2) is 24.3 Å². The van der Waals surface area contributed by atoms with Crippen molar-refractivity contribution in [3.05, 3.63) is 29.8 Å². The van der Waals surface area contributed by atoms with Crippen LogP contribution in [0.2, 0.25) is 0 Å². The third-order valence-electron chi connectivity index (χ3n) is 2.55. The highest BCUT2D eigenvalue weighted by molar-refractivity contribution is 5.83. The molecule has 0 heterocycles. The molecule has 5 nitrogen and oxygen atoms in total. The first-order chi connectivity index (χ1) is 10.2. The first-order valence-corrected chi connectivity index (χ1v) is 6.49. The number of benzene rings is 1. The third kappa shape index (κ3) is 6.47. The molecule has 1 amide bonds. The lowest BCUT2D eigenvalue weighted by atomic mass is 10.1. The topological polar surface area (TPSA) is 64.6 Å². The van der Waals surface area contributed by atoms with Crippen LogP contribution >= 0.6 is 0 Å². The Morgan fingerprint density at radius 1 is 1.23 bits per heavy atom. The van der Waals surface area contributed by atoms with Crippen molar-refractivity contribution in [2.45, 2.75) is 32.7 Å². The van der Waals surface area contributed by atoms with Gasteiger partial charge in [0.15, 0.2) is 0 Å². The Morgan fingerprint density at radius 2 is 1.82 bits per heavy atom. The second-order valence-electron chi connectivity index (χ2n) is 4.40. The average molecular weight is 319 g/mol. The number of halogens is 3. The molecule has 22 heavy (non-hydrogen) atoms. The lowest BCUT2D eigenvalue weighted by molar-refractivity contribution is -0.274. The zero-order valence-corrected chi connectivity index (χ0v) is 12.1. The van der Waals surface area contributed by atoms with Gasteiger partial charge in [-0.05, 0) is 24.6 Å². The minimum absolute atomic E-state index is 0.102. The van der Waals surface area contributed by atoms with Crippen molar-refractivity contribution in [3.63, 3.8) is 0 Å². The number of carbonyl (C=O) groups is 2. The molecule has 0 spiro atoms. The molecule has 1 rings (SSSR count). The quantitative estimate of drug-likeness (QED) is 0.817. The Balaban J connectivity index is 2.76. The van der Waals surface area contributed by atoms with Crippen LogP contribution in [-0.4, -0.2) is 30.9 Å². The van der Waals surface area contributed by atoms with Crippen molar-refractivity contribution in [1.82, 2.24) is 5.32 Å². The van der Waals surface area contributed by atoms with Gasteiger partial charge in [0.05, 0.1) is 6.61 Å². The van der Waals surface area contributed by atoms with Crippen molar-refractivity contribution in [2.75, 3.05) is 6.61 Å². The summed E-state index contributed by atoms with van der Waals surface area (Å²) in [6, 6.07) is 4.15. The van der Waals surface area contributed by atoms with Crippen LogP contribution in [-0.2, 0) is 20.7 Å². The number of hydrogen-bond donors (Lipinski definition) is 1. The van der Waals surface area contributed by atoms with Gasteiger partial charge in [-0.2, -0.15) is 0 Å². The van der Waals surface area contributed by atoms with Crippen LogP contribution in [0.5, 0.6) is 5.75 Å². The normalized spacial score (nSPS) is 12.4. The number of rotatable bonds is 6. The minimum Gasteiger partial charge on any atom is -0.464 e. The second kappa shape index (κ2) is 7.67. The Kier molecular flexibility index (Phi) is 6.21. The molecule has 0 aliphatic heterocycles. The van der Waals surface area contributed by atoms with Crippen molar-refractivity contribution < 1.29 is 32.2 Å². The first-order valence-electron chi connectivity index (χ1n) is 6.49. The van der Waals surface area contributed by atoms with Gasteiger partial charge < -0.3 is 14.8 Å². The van der Waals surface area contributed by atoms with E-state index in [1.165, 1.54) is 19.1 Å². The SMILES string of the molecule is CCOC(=O)C(Cc1ccc(OC(F)(F)F)cc1)NC(C)=O. The van der Waals surface area contributed by atoms with Gasteiger partial charge in [0.1, 0.15) is 11.8 Å². The smallest absolute Gasteiger partial charge is 0.464 e. The molecule has 0 fully saturated rings. The molecule has 1 N–H and O–H groups in total. The summed E-state index contributed by atoms with van der Waals surface area (Å²) >= 11 is 0. The number of hydrogen-bond acceptors (Lipinski definition) is 4. The molecule has 0 aromatic heterocycles. The standard InChI is InChI=1S/C14H16F3NO4/c1-3-21-13(20)12(18-9(2)19)8-10-4-6-11(7-5-10)22-14(15,16)17/h4-7,12H,3,8H2,1-2H3,(H,18,19). The molecular weight excluding hydrogens is 303 g/mol. The molecule has 1 aromatic carbocycles. The van der Waals surface area contributed by atoms with Crippen LogP contribution in [0.3, 0.4) is 0 Å². The maximum absolute atomic E-state index is 12.1. The van der Waals surface area contributed by atoms with E-state index in [1.54, 1.807) is 6.92 Å². The van der Waals surface area contributed by atoms with Gasteiger partial charge >= 0.3 is 12.3 Å². The summed E-state index contributed by atoms with van der Waals surface area (Å²) < 4.78 is 44.8. The summed E-state index contributed by atoms with van der Waals surface area (Å²) in [5.41, 5.74) is 0.557. The highest BCUT2D eigenvalue weighted by Crippen LogP contribution is 2.23. The minimum atomic E-state index is -4.76. The summed E-state index contributed by atoms with van der Waals surface area (Å²) in [4.78, 5) is 22.8. The van der Waals surface area contributed by atoms with Crippen molar-refractivity contribution in [1.29, 1.82) is 0 Å². The molecule has 1 aromatic rings. The number of carbonyl (C=O) groups excluding carboxylic acids is 2. The van der Waals surface area contributed by atoms with Crippen molar-refractivity contribution in [2.24, 2.45) is 0 Å². The van der Waals surface area contributed by atoms with Crippen molar-refractivity contribution in [3.8, 4) is 5.75 Å². The predicted octanol–water partition coefficient (Wildman–Crippen LogP) is 2.20. The van der Waals surface area contributed by atoms with Gasteiger partial charge in [0.2, 0.25) is 5.91 Å². The molecule has 0 aliphatic carbocycles. The monoisotopic (exact) mass is 319 g/mol. The maximum atomic E-state index is 12.1. The molecule has 1 unspecified atom stereocenters. The van der Waals surface area contributed by atoms with Gasteiger partial charge in [-0.1, -0.05) is 12.1 Å². The number of nitrogens with one attached hydrogen (secondary N) is 1. The molecule has 0 radical (unpaired) electrons. The zero-order valence-electron chi connectivity index (χ0n) is 12.1. The molecule has 0 aliphatic rings. The summed E-state index contributed by atoms with van der Waals surface area (Å²) in [7, 11) is 0. The van der Waals surface area contributed by atoms with E-state index < -0.39 is 24.3 Å². The number of alkyl halides is 3. The van der Waals surface area contributed by atoms with Crippen LogP contribution in [0.1, 0.15) is 19.4 Å². The fraction of sp³-hybridized carbons (Fsp3) is 0.429. The number of amides is 1. The number of ether oxygens (including phenoxy) is 2. The van der Waals surface area contributed by atoms with E-state index in [2.05, 4.69) is 10.1 Å². The maximum Gasteiger partial charge on any atom is 0.573 e. The van der Waals surface area contributed by atoms with E-state index in [0.717, 1.165) is 12.1 Å². The van der Waals surface area contributed by atoms with E-state index in [1.807, 2.05) is 0 Å². The molecule has 0 saturated carbocycles. The molecular formula is C14H16F3NO4. The highest BCUT2D eigenvalue weighted by atomic mass is 19.4. The molecule has 122 valence electrons. The van der Waals surface area contributed by atoms with Gasteiger partial charge in [-0.25, -0.2) is 4.79 Å². The van der Waals surface area contributed by atoms with Crippen LogP contribution in [0.4, 0.5) is 13.2 Å². The lowest BCUT2D eigenvalue weighted by Gasteiger charge is -2.16. The van der Waals surface area contributed by atoms with E-state index >= 15 is 0 Å². The largest absolute Gasteiger partial charge is 0.573 e. The zero-order chi connectivity index (χ0) is 16.8. The van der Waals surface area contributed by atoms with Gasteiger partial charge in [-0.3, -0.25) is 4.79 Å². The fourth-order valence-electron chi connectivity index (χ4n) is 1.74. The average Bonchev–Trinajstić information content (AvgIpc) is 2.38. The van der Waals surface area contributed by atoms with Crippen LogP contribution < -0.4 is 10.1 Å². The first kappa shape index (κ1) is 17.8. The van der Waals surface area contributed by atoms with Gasteiger partial charge in [0.25, 0.3) is 0 Å². The summed E-state index contributed by atoms with van der Waals surface area (Å²) in [5, 5.41) is 2.44. The van der Waals surface area contributed by atoms with E-state index in [-0.39, 0.29) is 18.8 Å². The van der Waals surface area contributed by atoms with Crippen LogP contribution in [0, 0.1) is 0 Å². The lowest BCUT2D eigenvalue weighted by Crippen LogP contribution is -2.42. The highest BCUT2D eigenvalue weighted by Gasteiger charge is 2.31. The summed E-state index contributed by atoms with van der Waals surface area (Å²) in [6.07, 6.45) is -4.66. The van der Waals surface area contributed by atoms with Crippen molar-refractivity contribution >= 4 is 11.9 Å². The Hall–Kier alpha value is -2.25. The van der Waals surface area contributed by atoms with Gasteiger partial charge in [-0.15, -0.1) is 13.2 Å². The second-order valence-corrected chi connectivity index (χ2v) is 4.40. The molecule has 0 saturated heterocycles. The predicted molar refractivity (Wildman–Crippen MR) is 71.1 cm³/mol. The van der Waals surface area contributed by atoms with Crippen LogP contribution in [0.25, 0.3) is 0 Å². The van der Waals surface area contributed by atoms with E-state index in [9.17, 15) is 22.8 Å². The summed E-state index contributed by atoms with van der Waals surface area (Å²) in [5.74, 6) is -1.37. The Morgan fingerprint density at radius 3 is 2.27 bits per heavy atom. The summed E-state index contributed by atoms with van der Waals surface area (Å²) in [6.45, 7) is 3.05. The van der Waals surface area contributed by atoms with E-state index in [4.69, 9.17) is 4.74 Å². The fourth-order valence-corrected chi connectivity index (χ4v) is 1.74. The third-order valence-corrected chi connectivity index (χ3v) is 2.55. The molecule has 8 heteroatoms. The Labute approximate surface area is 125 Å².